The molecule has 1 aliphatic heterocycles. The Morgan fingerprint density at radius 2 is 1.83 bits per heavy atom. The maximum absolute atomic E-state index is 9.75. The van der Waals surface area contributed by atoms with Crippen molar-refractivity contribution < 1.29 is 24.8 Å². The molecular formula is C12H17NO5. The van der Waals surface area contributed by atoms with E-state index >= 15 is 0 Å². The van der Waals surface area contributed by atoms with Gasteiger partial charge >= 0.3 is 0 Å². The van der Waals surface area contributed by atoms with E-state index in [0.717, 1.165) is 11.4 Å². The highest BCUT2D eigenvalue weighted by atomic mass is 16.5. The Kier molecular flexibility index (Phi) is 4.03. The smallest absolute Gasteiger partial charge is 0.156 e. The van der Waals surface area contributed by atoms with Gasteiger partial charge < -0.3 is 30.1 Å². The number of benzene rings is 1. The van der Waals surface area contributed by atoms with Crippen molar-refractivity contribution in [2.24, 2.45) is 0 Å². The Morgan fingerprint density at radius 1 is 1.17 bits per heavy atom. The molecule has 1 aromatic rings. The van der Waals surface area contributed by atoms with Gasteiger partial charge in [0.25, 0.3) is 0 Å². The third-order valence-corrected chi connectivity index (χ3v) is 2.90. The lowest BCUT2D eigenvalue weighted by Gasteiger charge is -2.35. The molecule has 0 unspecified atom stereocenters. The van der Waals surface area contributed by atoms with Crippen LogP contribution in [0.2, 0.25) is 0 Å². The van der Waals surface area contributed by atoms with Crippen molar-refractivity contribution >= 4 is 5.69 Å². The predicted molar refractivity (Wildman–Crippen MR) is 64.4 cm³/mol. The number of hydrogen-bond acceptors (Lipinski definition) is 6. The summed E-state index contributed by atoms with van der Waals surface area (Å²) >= 11 is 0. The quantitative estimate of drug-likeness (QED) is 0.584. The van der Waals surface area contributed by atoms with E-state index in [0.29, 0.717) is 0 Å². The fourth-order valence-corrected chi connectivity index (χ4v) is 1.78. The monoisotopic (exact) mass is 255 g/mol. The lowest BCUT2D eigenvalue weighted by atomic mass is 10.0. The van der Waals surface area contributed by atoms with Crippen molar-refractivity contribution in [1.82, 2.24) is 0 Å². The fourth-order valence-electron chi connectivity index (χ4n) is 1.78. The average molecular weight is 255 g/mol. The van der Waals surface area contributed by atoms with Crippen molar-refractivity contribution in [2.45, 2.75) is 24.5 Å². The molecule has 1 aromatic carbocycles. The number of aliphatic hydroxyl groups excluding tert-OH is 3. The van der Waals surface area contributed by atoms with Crippen LogP contribution in [0, 0.1) is 0 Å². The van der Waals surface area contributed by atoms with Gasteiger partial charge in [0.15, 0.2) is 6.23 Å². The van der Waals surface area contributed by atoms with Gasteiger partial charge in [0.1, 0.15) is 24.1 Å². The van der Waals surface area contributed by atoms with Crippen LogP contribution in [0.5, 0.6) is 5.75 Å². The first-order valence-electron chi connectivity index (χ1n) is 5.68. The summed E-state index contributed by atoms with van der Waals surface area (Å²) in [6.45, 7) is -0.0218. The minimum Gasteiger partial charge on any atom is -0.497 e. The zero-order valence-electron chi connectivity index (χ0n) is 9.98. The van der Waals surface area contributed by atoms with E-state index in [1.165, 1.54) is 0 Å². The van der Waals surface area contributed by atoms with E-state index in [1.54, 1.807) is 31.4 Å². The predicted octanol–water partition coefficient (Wildman–Crippen LogP) is -0.454. The first kappa shape index (κ1) is 13.1. The van der Waals surface area contributed by atoms with Gasteiger partial charge in [-0.25, -0.2) is 0 Å². The Hall–Kier alpha value is -1.34. The highest BCUT2D eigenvalue weighted by Crippen LogP contribution is 2.20. The van der Waals surface area contributed by atoms with Crippen LogP contribution >= 0.6 is 0 Å². The molecule has 0 aliphatic carbocycles. The van der Waals surface area contributed by atoms with E-state index in [1.807, 2.05) is 0 Å². The molecule has 1 saturated heterocycles. The van der Waals surface area contributed by atoms with Crippen molar-refractivity contribution in [3.8, 4) is 5.75 Å². The van der Waals surface area contributed by atoms with Gasteiger partial charge in [0.05, 0.1) is 13.7 Å². The lowest BCUT2D eigenvalue weighted by Crippen LogP contribution is -2.55. The number of aliphatic hydroxyl groups is 3. The molecule has 6 nitrogen and oxygen atoms in total. The zero-order chi connectivity index (χ0) is 13.1. The molecule has 0 aromatic heterocycles. The minimum atomic E-state index is -1.21. The molecule has 0 spiro atoms. The normalized spacial score (nSPS) is 32.0. The van der Waals surface area contributed by atoms with Crippen LogP contribution in [-0.2, 0) is 4.74 Å². The van der Waals surface area contributed by atoms with Crippen molar-refractivity contribution in [1.29, 1.82) is 0 Å². The molecular weight excluding hydrogens is 238 g/mol. The highest BCUT2D eigenvalue weighted by Gasteiger charge is 2.37. The number of nitrogens with one attached hydrogen (secondary N) is 1. The van der Waals surface area contributed by atoms with E-state index in [9.17, 15) is 15.3 Å². The second-order valence-corrected chi connectivity index (χ2v) is 4.18. The molecule has 0 amide bonds. The summed E-state index contributed by atoms with van der Waals surface area (Å²) in [5.41, 5.74) is 0.725. The first-order chi connectivity index (χ1) is 8.61. The first-order valence-corrected chi connectivity index (χ1v) is 5.68. The van der Waals surface area contributed by atoms with Gasteiger partial charge in [0, 0.05) is 5.69 Å². The fraction of sp³-hybridized carbons (Fsp3) is 0.500. The number of hydrogen-bond donors (Lipinski definition) is 4. The molecule has 1 aliphatic rings. The lowest BCUT2D eigenvalue weighted by molar-refractivity contribution is -0.178. The van der Waals surface area contributed by atoms with Crippen LogP contribution in [0.3, 0.4) is 0 Å². The Balaban J connectivity index is 2.00. The number of ether oxygens (including phenoxy) is 2. The summed E-state index contributed by atoms with van der Waals surface area (Å²) in [6, 6.07) is 7.07. The summed E-state index contributed by atoms with van der Waals surface area (Å²) in [5, 5.41) is 31.5. The summed E-state index contributed by atoms with van der Waals surface area (Å²) in [7, 11) is 1.58. The van der Waals surface area contributed by atoms with Crippen LogP contribution < -0.4 is 10.1 Å². The molecule has 2 rings (SSSR count). The molecule has 4 N–H and O–H groups in total. The van der Waals surface area contributed by atoms with E-state index in [2.05, 4.69) is 5.32 Å². The molecule has 100 valence electrons. The largest absolute Gasteiger partial charge is 0.497 e. The van der Waals surface area contributed by atoms with Crippen molar-refractivity contribution in [3.05, 3.63) is 24.3 Å². The second kappa shape index (κ2) is 5.53. The zero-order valence-corrected chi connectivity index (χ0v) is 9.98. The number of rotatable bonds is 3. The number of methoxy groups -OCH3 is 1. The third-order valence-electron chi connectivity index (χ3n) is 2.90. The summed E-state index contributed by atoms with van der Waals surface area (Å²) in [4.78, 5) is 0. The SMILES string of the molecule is COc1ccc(N[C@@H]2OC[C@H](O)[C@@H](O)[C@H]2O)cc1. The van der Waals surface area contributed by atoms with Crippen LogP contribution in [0.4, 0.5) is 5.69 Å². The Morgan fingerprint density at radius 3 is 2.44 bits per heavy atom. The van der Waals surface area contributed by atoms with Crippen LogP contribution in [0.15, 0.2) is 24.3 Å². The highest BCUT2D eigenvalue weighted by molar-refractivity contribution is 5.47. The Labute approximate surface area is 105 Å². The van der Waals surface area contributed by atoms with E-state index in [-0.39, 0.29) is 6.61 Å². The molecule has 1 heterocycles. The van der Waals surface area contributed by atoms with E-state index < -0.39 is 24.5 Å². The topological polar surface area (TPSA) is 91.2 Å². The van der Waals surface area contributed by atoms with Crippen LogP contribution in [0.25, 0.3) is 0 Å². The summed E-state index contributed by atoms with van der Waals surface area (Å²) in [5.74, 6) is 0.723. The van der Waals surface area contributed by atoms with Gasteiger partial charge in [-0.2, -0.15) is 0 Å². The number of anilines is 1. The van der Waals surface area contributed by atoms with Crippen LogP contribution in [0.1, 0.15) is 0 Å². The molecule has 4 atom stereocenters. The standard InChI is InChI=1S/C12H17NO5/c1-17-8-4-2-7(3-5-8)13-12-11(16)10(15)9(14)6-18-12/h2-5,9-16H,6H2,1H3/t9-,10+,11+,12+/m0/s1. The van der Waals surface area contributed by atoms with Crippen molar-refractivity contribution in [2.75, 3.05) is 19.0 Å². The molecule has 18 heavy (non-hydrogen) atoms. The van der Waals surface area contributed by atoms with Gasteiger partial charge in [-0.1, -0.05) is 0 Å². The second-order valence-electron chi connectivity index (χ2n) is 4.18. The van der Waals surface area contributed by atoms with Crippen LogP contribution in [-0.4, -0.2) is 53.6 Å². The Bertz CT molecular complexity index is 383. The average Bonchev–Trinajstić information content (AvgIpc) is 2.40. The van der Waals surface area contributed by atoms with Gasteiger partial charge in [0.2, 0.25) is 0 Å². The van der Waals surface area contributed by atoms with Gasteiger partial charge in [-0.05, 0) is 24.3 Å². The maximum atomic E-state index is 9.75. The molecule has 6 heteroatoms. The maximum Gasteiger partial charge on any atom is 0.156 e. The molecule has 0 saturated carbocycles. The third kappa shape index (κ3) is 2.73. The molecule has 1 fully saturated rings. The molecule has 0 radical (unpaired) electrons. The van der Waals surface area contributed by atoms with E-state index in [4.69, 9.17) is 9.47 Å². The summed E-state index contributed by atoms with van der Waals surface area (Å²) in [6.07, 6.45) is -4.21. The van der Waals surface area contributed by atoms with Gasteiger partial charge in [-0.15, -0.1) is 0 Å². The van der Waals surface area contributed by atoms with Crippen molar-refractivity contribution in [3.63, 3.8) is 0 Å². The van der Waals surface area contributed by atoms with Gasteiger partial charge in [-0.3, -0.25) is 0 Å². The summed E-state index contributed by atoms with van der Waals surface area (Å²) < 4.78 is 10.3. The molecule has 0 bridgehead atoms. The minimum absolute atomic E-state index is 0.0218.